The van der Waals surface area contributed by atoms with Gasteiger partial charge in [-0.2, -0.15) is 9.29 Å². The monoisotopic (exact) mass is 437 g/mol. The minimum atomic E-state index is -3.63. The summed E-state index contributed by atoms with van der Waals surface area (Å²) in [6.07, 6.45) is 1.49. The molecular formula is C19H17Cl2N3O3S. The van der Waals surface area contributed by atoms with Gasteiger partial charge in [-0.3, -0.25) is 0 Å². The fourth-order valence-electron chi connectivity index (χ4n) is 3.26. The summed E-state index contributed by atoms with van der Waals surface area (Å²) in [6.45, 7) is 0.737. The first kappa shape index (κ1) is 19.4. The number of hydrogen-bond donors (Lipinski definition) is 0. The van der Waals surface area contributed by atoms with Crippen molar-refractivity contribution in [3.63, 3.8) is 0 Å². The van der Waals surface area contributed by atoms with Crippen molar-refractivity contribution in [3.05, 3.63) is 64.5 Å². The molecule has 1 aliphatic rings. The van der Waals surface area contributed by atoms with Crippen LogP contribution in [0.3, 0.4) is 0 Å². The van der Waals surface area contributed by atoms with Gasteiger partial charge >= 0.3 is 0 Å². The first-order valence-electron chi connectivity index (χ1n) is 8.79. The summed E-state index contributed by atoms with van der Waals surface area (Å²) in [5.41, 5.74) is 0.790. The number of sulfonamides is 1. The molecule has 2 aromatic carbocycles. The van der Waals surface area contributed by atoms with E-state index in [-0.39, 0.29) is 17.4 Å². The first-order valence-corrected chi connectivity index (χ1v) is 11.0. The van der Waals surface area contributed by atoms with Gasteiger partial charge in [0.1, 0.15) is 0 Å². The largest absolute Gasteiger partial charge is 0.339 e. The summed E-state index contributed by atoms with van der Waals surface area (Å²) in [5, 5.41) is 5.05. The van der Waals surface area contributed by atoms with Crippen LogP contribution in [0, 0.1) is 0 Å². The zero-order valence-corrected chi connectivity index (χ0v) is 17.1. The standard InChI is InChI=1S/C19H17Cl2N3O3S/c20-15-8-6-13(7-9-15)18-22-19(27-23-18)14-3-2-10-24(12-14)28(25,26)17-5-1-4-16(21)11-17/h1,4-9,11,14H,2-3,10,12H2. The number of aromatic nitrogens is 2. The molecule has 4 rings (SSSR count). The maximum atomic E-state index is 13.0. The van der Waals surface area contributed by atoms with Gasteiger partial charge in [-0.1, -0.05) is 34.4 Å². The van der Waals surface area contributed by atoms with E-state index in [9.17, 15) is 8.42 Å². The Morgan fingerprint density at radius 2 is 1.86 bits per heavy atom. The van der Waals surface area contributed by atoms with Crippen LogP contribution in [0.4, 0.5) is 0 Å². The highest BCUT2D eigenvalue weighted by Crippen LogP contribution is 2.31. The average Bonchev–Trinajstić information content (AvgIpc) is 3.19. The number of nitrogens with zero attached hydrogens (tertiary/aromatic N) is 3. The van der Waals surface area contributed by atoms with Crippen LogP contribution in [0.2, 0.25) is 10.0 Å². The quantitative estimate of drug-likeness (QED) is 0.595. The lowest BCUT2D eigenvalue weighted by Crippen LogP contribution is -2.39. The van der Waals surface area contributed by atoms with Crippen molar-refractivity contribution in [3.8, 4) is 11.4 Å². The lowest BCUT2D eigenvalue weighted by atomic mass is 10.00. The zero-order valence-electron chi connectivity index (χ0n) is 14.8. The Kier molecular flexibility index (Phi) is 5.42. The van der Waals surface area contributed by atoms with Crippen molar-refractivity contribution in [2.45, 2.75) is 23.7 Å². The van der Waals surface area contributed by atoms with Gasteiger partial charge in [-0.25, -0.2) is 8.42 Å². The second-order valence-corrected chi connectivity index (χ2v) is 9.43. The third-order valence-electron chi connectivity index (χ3n) is 4.71. The van der Waals surface area contributed by atoms with E-state index in [0.29, 0.717) is 34.7 Å². The fourth-order valence-corrected chi connectivity index (χ4v) is 5.21. The van der Waals surface area contributed by atoms with Crippen LogP contribution in [-0.2, 0) is 10.0 Å². The van der Waals surface area contributed by atoms with E-state index < -0.39 is 10.0 Å². The summed E-state index contributed by atoms with van der Waals surface area (Å²) in [4.78, 5) is 4.66. The highest BCUT2D eigenvalue weighted by molar-refractivity contribution is 7.89. The molecule has 0 bridgehead atoms. The molecule has 6 nitrogen and oxygen atoms in total. The second-order valence-electron chi connectivity index (χ2n) is 6.62. The maximum absolute atomic E-state index is 13.0. The molecule has 1 unspecified atom stereocenters. The Hall–Kier alpha value is -1.93. The number of piperidine rings is 1. The Labute approximate surface area is 173 Å². The van der Waals surface area contributed by atoms with Crippen LogP contribution < -0.4 is 0 Å². The van der Waals surface area contributed by atoms with Crippen molar-refractivity contribution >= 4 is 33.2 Å². The van der Waals surface area contributed by atoms with E-state index in [0.717, 1.165) is 12.0 Å². The Morgan fingerprint density at radius 1 is 1.07 bits per heavy atom. The third-order valence-corrected chi connectivity index (χ3v) is 7.06. The summed E-state index contributed by atoms with van der Waals surface area (Å²) in [6, 6.07) is 13.4. The molecule has 1 aromatic heterocycles. The minimum Gasteiger partial charge on any atom is -0.339 e. The molecule has 1 saturated heterocycles. The normalized spacial score (nSPS) is 18.3. The molecule has 0 N–H and O–H groups in total. The van der Waals surface area contributed by atoms with Gasteiger partial charge in [0.25, 0.3) is 0 Å². The lowest BCUT2D eigenvalue weighted by Gasteiger charge is -2.30. The van der Waals surface area contributed by atoms with Crippen molar-refractivity contribution in [1.82, 2.24) is 14.4 Å². The molecular weight excluding hydrogens is 421 g/mol. The van der Waals surface area contributed by atoms with Crippen molar-refractivity contribution < 1.29 is 12.9 Å². The summed E-state index contributed by atoms with van der Waals surface area (Å²) >= 11 is 11.9. The number of benzene rings is 2. The number of rotatable bonds is 4. The molecule has 2 heterocycles. The van der Waals surface area contributed by atoms with E-state index in [2.05, 4.69) is 10.1 Å². The smallest absolute Gasteiger partial charge is 0.243 e. The van der Waals surface area contributed by atoms with Gasteiger partial charge in [0.2, 0.25) is 21.7 Å². The van der Waals surface area contributed by atoms with Crippen LogP contribution in [0.1, 0.15) is 24.7 Å². The SMILES string of the molecule is O=S(=O)(c1cccc(Cl)c1)N1CCCC(c2nc(-c3ccc(Cl)cc3)no2)C1. The van der Waals surface area contributed by atoms with Gasteiger partial charge in [0.15, 0.2) is 0 Å². The molecule has 1 fully saturated rings. The molecule has 9 heteroatoms. The molecule has 0 saturated carbocycles. The second kappa shape index (κ2) is 7.83. The van der Waals surface area contributed by atoms with Gasteiger partial charge in [0, 0.05) is 28.7 Å². The van der Waals surface area contributed by atoms with Crippen LogP contribution in [-0.4, -0.2) is 36.0 Å². The predicted molar refractivity (Wildman–Crippen MR) is 107 cm³/mol. The molecule has 28 heavy (non-hydrogen) atoms. The average molecular weight is 438 g/mol. The van der Waals surface area contributed by atoms with Crippen molar-refractivity contribution in [1.29, 1.82) is 0 Å². The maximum Gasteiger partial charge on any atom is 0.243 e. The zero-order chi connectivity index (χ0) is 19.7. The topological polar surface area (TPSA) is 76.3 Å². The van der Waals surface area contributed by atoms with Gasteiger partial charge in [-0.15, -0.1) is 0 Å². The van der Waals surface area contributed by atoms with E-state index in [1.165, 1.54) is 10.4 Å². The lowest BCUT2D eigenvalue weighted by molar-refractivity contribution is 0.265. The van der Waals surface area contributed by atoms with Crippen LogP contribution in [0.25, 0.3) is 11.4 Å². The summed E-state index contributed by atoms with van der Waals surface area (Å²) < 4.78 is 32.8. The summed E-state index contributed by atoms with van der Waals surface area (Å²) in [5.74, 6) is 0.744. The van der Waals surface area contributed by atoms with Crippen molar-refractivity contribution in [2.75, 3.05) is 13.1 Å². The van der Waals surface area contributed by atoms with Crippen LogP contribution in [0.5, 0.6) is 0 Å². The van der Waals surface area contributed by atoms with E-state index in [1.807, 2.05) is 12.1 Å². The van der Waals surface area contributed by atoms with Gasteiger partial charge in [-0.05, 0) is 55.3 Å². The highest BCUT2D eigenvalue weighted by Gasteiger charge is 2.33. The first-order chi connectivity index (χ1) is 13.4. The molecule has 0 radical (unpaired) electrons. The van der Waals surface area contributed by atoms with E-state index in [1.54, 1.807) is 30.3 Å². The Morgan fingerprint density at radius 3 is 2.61 bits per heavy atom. The molecule has 3 aromatic rings. The third kappa shape index (κ3) is 3.93. The summed E-state index contributed by atoms with van der Waals surface area (Å²) in [7, 11) is -3.63. The van der Waals surface area contributed by atoms with E-state index >= 15 is 0 Å². The van der Waals surface area contributed by atoms with Gasteiger partial charge in [0.05, 0.1) is 10.8 Å². The molecule has 1 aliphatic heterocycles. The number of halogens is 2. The Bertz CT molecular complexity index is 1080. The molecule has 0 spiro atoms. The van der Waals surface area contributed by atoms with Crippen molar-refractivity contribution in [2.24, 2.45) is 0 Å². The molecule has 146 valence electrons. The van der Waals surface area contributed by atoms with Gasteiger partial charge < -0.3 is 4.52 Å². The fraction of sp³-hybridized carbons (Fsp3) is 0.263. The molecule has 0 amide bonds. The Balaban J connectivity index is 1.55. The highest BCUT2D eigenvalue weighted by atomic mass is 35.5. The van der Waals surface area contributed by atoms with Crippen LogP contribution >= 0.6 is 23.2 Å². The number of hydrogen-bond acceptors (Lipinski definition) is 5. The van der Waals surface area contributed by atoms with Crippen LogP contribution in [0.15, 0.2) is 57.9 Å². The molecule has 0 aliphatic carbocycles. The minimum absolute atomic E-state index is 0.156. The van der Waals surface area contributed by atoms with E-state index in [4.69, 9.17) is 27.7 Å². The predicted octanol–water partition coefficient (Wildman–Crippen LogP) is 4.61. The molecule has 1 atom stereocenters.